The summed E-state index contributed by atoms with van der Waals surface area (Å²) in [6.45, 7) is 6.29. The van der Waals surface area contributed by atoms with Crippen LogP contribution in [0.1, 0.15) is 32.8 Å². The molecule has 6 nitrogen and oxygen atoms in total. The van der Waals surface area contributed by atoms with Gasteiger partial charge in [-0.1, -0.05) is 37.7 Å². The number of H-pyrrole nitrogens is 1. The van der Waals surface area contributed by atoms with Gasteiger partial charge >= 0.3 is 0 Å². The quantitative estimate of drug-likeness (QED) is 0.454. The van der Waals surface area contributed by atoms with Crippen LogP contribution in [0.25, 0.3) is 11.2 Å². The highest BCUT2D eigenvalue weighted by Gasteiger charge is 2.15. The summed E-state index contributed by atoms with van der Waals surface area (Å²) in [5.74, 6) is -0.629. The van der Waals surface area contributed by atoms with Crippen molar-refractivity contribution in [1.82, 2.24) is 19.9 Å². The first-order valence-corrected chi connectivity index (χ1v) is 9.91. The zero-order chi connectivity index (χ0) is 20.3. The molecule has 0 aliphatic carbocycles. The Hall–Kier alpha value is -2.55. The number of nitrogens with zero attached hydrogens (tertiary/aromatic N) is 3. The second-order valence-electron chi connectivity index (χ2n) is 6.98. The van der Waals surface area contributed by atoms with Crippen LogP contribution in [0, 0.1) is 17.6 Å². The molecule has 3 aromatic rings. The van der Waals surface area contributed by atoms with Crippen LogP contribution in [-0.4, -0.2) is 26.0 Å². The summed E-state index contributed by atoms with van der Waals surface area (Å²) in [6, 6.07) is 4.17. The molecule has 0 fully saturated rings. The Bertz CT molecular complexity index is 1040. The lowest BCUT2D eigenvalue weighted by atomic mass is 10.1. The fourth-order valence-electron chi connectivity index (χ4n) is 2.88. The lowest BCUT2D eigenvalue weighted by Gasteiger charge is -2.17. The zero-order valence-electron chi connectivity index (χ0n) is 15.8. The maximum atomic E-state index is 13.9. The first-order valence-electron chi connectivity index (χ1n) is 8.92. The van der Waals surface area contributed by atoms with E-state index in [-0.39, 0.29) is 22.9 Å². The van der Waals surface area contributed by atoms with E-state index in [1.807, 2.05) is 6.92 Å². The second-order valence-corrected chi connectivity index (χ2v) is 7.92. The number of hydrogen-bond acceptors (Lipinski definition) is 6. The predicted octanol–water partition coefficient (Wildman–Crippen LogP) is 4.13. The third-order valence-corrected chi connectivity index (χ3v) is 4.91. The molecule has 0 amide bonds. The third-order valence-electron chi connectivity index (χ3n) is 4.01. The summed E-state index contributed by atoms with van der Waals surface area (Å²) in [5.41, 5.74) is 0.594. The second kappa shape index (κ2) is 8.64. The monoisotopic (exact) mass is 405 g/mol. The van der Waals surface area contributed by atoms with E-state index in [4.69, 9.17) is 0 Å². The van der Waals surface area contributed by atoms with Crippen LogP contribution in [-0.2, 0) is 5.75 Å². The molecule has 1 atom stereocenters. The largest absolute Gasteiger partial charge is 0.366 e. The molecule has 0 saturated heterocycles. The highest BCUT2D eigenvalue weighted by Crippen LogP contribution is 2.26. The third kappa shape index (κ3) is 4.83. The number of benzene rings is 1. The van der Waals surface area contributed by atoms with Crippen molar-refractivity contribution in [2.75, 3.05) is 5.32 Å². The van der Waals surface area contributed by atoms with Gasteiger partial charge in [-0.3, -0.25) is 4.79 Å². The Morgan fingerprint density at radius 2 is 2.00 bits per heavy atom. The molecule has 2 aromatic heterocycles. The standard InChI is InChI=1S/C19H21F2N5OS/c1-10(2)7-11(3)23-17-16-18(24-14(27)8-22-16)26-19(25-17)28-9-12-5-4-6-13(20)15(12)21/h4-6,8,10-11H,7,9H2,1-3H3,(H2,23,24,25,26,27). The van der Waals surface area contributed by atoms with E-state index in [1.165, 1.54) is 18.3 Å². The van der Waals surface area contributed by atoms with E-state index in [2.05, 4.69) is 39.1 Å². The molecule has 0 saturated carbocycles. The van der Waals surface area contributed by atoms with Crippen LogP contribution >= 0.6 is 11.8 Å². The molecule has 148 valence electrons. The van der Waals surface area contributed by atoms with Gasteiger partial charge in [0.1, 0.15) is 5.52 Å². The molecule has 0 aliphatic heterocycles. The van der Waals surface area contributed by atoms with Crippen molar-refractivity contribution in [3.63, 3.8) is 0 Å². The molecule has 28 heavy (non-hydrogen) atoms. The van der Waals surface area contributed by atoms with Crippen molar-refractivity contribution in [3.05, 3.63) is 51.9 Å². The van der Waals surface area contributed by atoms with Crippen molar-refractivity contribution >= 4 is 28.7 Å². The van der Waals surface area contributed by atoms with Gasteiger partial charge in [0, 0.05) is 17.4 Å². The van der Waals surface area contributed by atoms with Gasteiger partial charge in [0.05, 0.1) is 6.20 Å². The van der Waals surface area contributed by atoms with E-state index in [0.717, 1.165) is 24.2 Å². The Labute approximate surface area is 165 Å². The van der Waals surface area contributed by atoms with Gasteiger partial charge in [-0.05, 0) is 25.3 Å². The number of fused-ring (bicyclic) bond motifs is 1. The maximum Gasteiger partial charge on any atom is 0.268 e. The molecule has 0 bridgehead atoms. The number of anilines is 1. The highest BCUT2D eigenvalue weighted by molar-refractivity contribution is 7.98. The Balaban J connectivity index is 1.91. The molecular formula is C19H21F2N5OS. The number of hydrogen-bond donors (Lipinski definition) is 2. The molecule has 1 unspecified atom stereocenters. The van der Waals surface area contributed by atoms with E-state index >= 15 is 0 Å². The van der Waals surface area contributed by atoms with Crippen molar-refractivity contribution in [3.8, 4) is 0 Å². The Kier molecular flexibility index (Phi) is 6.23. The molecule has 3 rings (SSSR count). The average Bonchev–Trinajstić information content (AvgIpc) is 2.62. The summed E-state index contributed by atoms with van der Waals surface area (Å²) in [4.78, 5) is 27.2. The van der Waals surface area contributed by atoms with Crippen LogP contribution in [0.5, 0.6) is 0 Å². The van der Waals surface area contributed by atoms with Crippen LogP contribution in [0.3, 0.4) is 0 Å². The molecule has 2 heterocycles. The SMILES string of the molecule is CC(C)CC(C)Nc1nc(SCc2cccc(F)c2F)nc2[nH]c(=O)cnc12. The highest BCUT2D eigenvalue weighted by atomic mass is 32.2. The summed E-state index contributed by atoms with van der Waals surface area (Å²) in [6.07, 6.45) is 2.10. The Morgan fingerprint density at radius 1 is 1.21 bits per heavy atom. The molecule has 0 radical (unpaired) electrons. The molecule has 1 aromatic carbocycles. The number of aromatic nitrogens is 4. The minimum Gasteiger partial charge on any atom is -0.366 e. The normalized spacial score (nSPS) is 12.5. The number of rotatable bonds is 7. The fourth-order valence-corrected chi connectivity index (χ4v) is 3.70. The van der Waals surface area contributed by atoms with Crippen LogP contribution < -0.4 is 10.9 Å². The van der Waals surface area contributed by atoms with Crippen LogP contribution in [0.2, 0.25) is 0 Å². The van der Waals surface area contributed by atoms with Gasteiger partial charge in [0.2, 0.25) is 0 Å². The molecule has 0 spiro atoms. The van der Waals surface area contributed by atoms with Gasteiger partial charge in [-0.15, -0.1) is 0 Å². The van der Waals surface area contributed by atoms with E-state index in [0.29, 0.717) is 28.1 Å². The number of thioether (sulfide) groups is 1. The van der Waals surface area contributed by atoms with Crippen molar-refractivity contribution < 1.29 is 8.78 Å². The van der Waals surface area contributed by atoms with Gasteiger partial charge in [0.25, 0.3) is 5.56 Å². The fraction of sp³-hybridized carbons (Fsp3) is 0.368. The Morgan fingerprint density at radius 3 is 2.75 bits per heavy atom. The van der Waals surface area contributed by atoms with Crippen LogP contribution in [0.15, 0.2) is 34.3 Å². The van der Waals surface area contributed by atoms with Crippen molar-refractivity contribution in [2.45, 2.75) is 44.1 Å². The van der Waals surface area contributed by atoms with E-state index in [1.54, 1.807) is 0 Å². The van der Waals surface area contributed by atoms with Crippen molar-refractivity contribution in [2.24, 2.45) is 5.92 Å². The van der Waals surface area contributed by atoms with E-state index < -0.39 is 11.6 Å². The van der Waals surface area contributed by atoms with Gasteiger partial charge < -0.3 is 10.3 Å². The average molecular weight is 405 g/mol. The summed E-state index contributed by atoms with van der Waals surface area (Å²) < 4.78 is 27.3. The maximum absolute atomic E-state index is 13.9. The van der Waals surface area contributed by atoms with Crippen LogP contribution in [0.4, 0.5) is 14.6 Å². The molecule has 0 aliphatic rings. The summed E-state index contributed by atoms with van der Waals surface area (Å²) in [7, 11) is 0. The topological polar surface area (TPSA) is 83.6 Å². The lowest BCUT2D eigenvalue weighted by Crippen LogP contribution is -2.19. The minimum absolute atomic E-state index is 0.130. The lowest BCUT2D eigenvalue weighted by molar-refractivity contribution is 0.502. The minimum atomic E-state index is -0.893. The van der Waals surface area contributed by atoms with Crippen molar-refractivity contribution in [1.29, 1.82) is 0 Å². The number of aromatic amines is 1. The number of nitrogens with one attached hydrogen (secondary N) is 2. The predicted molar refractivity (Wildman–Crippen MR) is 106 cm³/mol. The van der Waals surface area contributed by atoms with Gasteiger partial charge in [-0.25, -0.2) is 23.7 Å². The number of halogens is 2. The van der Waals surface area contributed by atoms with Gasteiger partial charge in [0.15, 0.2) is 28.3 Å². The first kappa shape index (κ1) is 20.2. The smallest absolute Gasteiger partial charge is 0.268 e. The zero-order valence-corrected chi connectivity index (χ0v) is 16.6. The summed E-state index contributed by atoms with van der Waals surface area (Å²) in [5, 5.41) is 3.64. The first-order chi connectivity index (χ1) is 13.3. The van der Waals surface area contributed by atoms with Gasteiger partial charge in [-0.2, -0.15) is 0 Å². The molecule has 2 N–H and O–H groups in total. The molecular weight excluding hydrogens is 384 g/mol. The molecule has 9 heteroatoms. The summed E-state index contributed by atoms with van der Waals surface area (Å²) >= 11 is 1.15. The van der Waals surface area contributed by atoms with E-state index in [9.17, 15) is 13.6 Å².